The van der Waals surface area contributed by atoms with Gasteiger partial charge in [-0.25, -0.2) is 4.99 Å². The van der Waals surface area contributed by atoms with Crippen molar-refractivity contribution in [3.63, 3.8) is 0 Å². The molecule has 5 nitrogen and oxygen atoms in total. The van der Waals surface area contributed by atoms with Gasteiger partial charge in [0.25, 0.3) is 0 Å². The third kappa shape index (κ3) is 15.9. The van der Waals surface area contributed by atoms with Crippen LogP contribution in [0.3, 0.4) is 0 Å². The first kappa shape index (κ1) is 48.8. The minimum absolute atomic E-state index is 0.0723. The fourth-order valence-corrected chi connectivity index (χ4v) is 7.28. The number of anilines is 1. The number of aryl methyl sites for hydroxylation is 5. The summed E-state index contributed by atoms with van der Waals surface area (Å²) in [5.74, 6) is 6.75. The number of fused-ring (bicyclic) bond motifs is 1. The molecule has 0 atom stereocenters. The van der Waals surface area contributed by atoms with Crippen molar-refractivity contribution in [1.82, 2.24) is 0 Å². The molecule has 0 aliphatic rings. The van der Waals surface area contributed by atoms with Crippen molar-refractivity contribution in [2.24, 2.45) is 9.98 Å². The topological polar surface area (TPSA) is 68.4 Å². The lowest BCUT2D eigenvalue weighted by Gasteiger charge is -2.20. The molecule has 0 bridgehead atoms. The standard InChI is InChI=1S/C40H60N2.C14H17NO2/c1-7-13-19-25-39(41-37-29-27-33(21-15-9-3)35(31-37)23-17-11-5)40(26-20-14-8-2)42-38-30-28-34(22-16-10-4)36(32-38)24-18-12-6;1-4-15(3)12-6-5-9(2)10-7-13(16)14(17)8-11(10)12/h27-32H,7-19,21-25H2,1-6H3;5-8,16-17H,4H2,1-3H3. The van der Waals surface area contributed by atoms with E-state index in [1.165, 1.54) is 86.5 Å². The highest BCUT2D eigenvalue weighted by molar-refractivity contribution is 6.49. The largest absolute Gasteiger partial charge is 0.504 e. The van der Waals surface area contributed by atoms with Crippen LogP contribution in [-0.4, -0.2) is 35.2 Å². The molecule has 0 radical (unpaired) electrons. The number of unbranched alkanes of at least 4 members (excludes halogenated alkanes) is 7. The fourth-order valence-electron chi connectivity index (χ4n) is 7.28. The van der Waals surface area contributed by atoms with Crippen LogP contribution >= 0.6 is 0 Å². The molecule has 320 valence electrons. The lowest BCUT2D eigenvalue weighted by atomic mass is 9.97. The van der Waals surface area contributed by atoms with Crippen LogP contribution in [0.2, 0.25) is 0 Å². The SMILES string of the molecule is CCCC#CC(=Nc1ccc(CCCC)c(CCCC)c1)C(CCCCC)=Nc1ccc(CCCC)c(CCCC)c1.CCN(C)c1ccc(C)c2cc(O)c(O)cc12. The Kier molecular flexibility index (Phi) is 22.5. The summed E-state index contributed by atoms with van der Waals surface area (Å²) < 4.78 is 0. The molecule has 4 aromatic rings. The maximum absolute atomic E-state index is 9.62. The normalized spacial score (nSPS) is 11.6. The molecular weight excluding hydrogens is 723 g/mol. The molecule has 0 amide bonds. The van der Waals surface area contributed by atoms with Crippen molar-refractivity contribution in [3.05, 3.63) is 88.5 Å². The van der Waals surface area contributed by atoms with E-state index in [0.29, 0.717) is 0 Å². The van der Waals surface area contributed by atoms with E-state index >= 15 is 0 Å². The zero-order valence-electron chi connectivity index (χ0n) is 38.4. The molecule has 5 heteroatoms. The Hall–Kier alpha value is -4.56. The summed E-state index contributed by atoms with van der Waals surface area (Å²) in [5, 5.41) is 21.1. The van der Waals surface area contributed by atoms with Crippen molar-refractivity contribution in [1.29, 1.82) is 0 Å². The van der Waals surface area contributed by atoms with Gasteiger partial charge in [0.1, 0.15) is 5.71 Å². The number of aromatic hydroxyl groups is 2. The summed E-state index contributed by atoms with van der Waals surface area (Å²) in [7, 11) is 2.01. The van der Waals surface area contributed by atoms with Gasteiger partial charge in [-0.1, -0.05) is 104 Å². The van der Waals surface area contributed by atoms with Crippen LogP contribution < -0.4 is 4.90 Å². The zero-order chi connectivity index (χ0) is 43.0. The van der Waals surface area contributed by atoms with E-state index in [0.717, 1.165) is 103 Å². The number of benzene rings is 4. The van der Waals surface area contributed by atoms with Gasteiger partial charge < -0.3 is 15.1 Å². The Morgan fingerprint density at radius 1 is 0.559 bits per heavy atom. The lowest BCUT2D eigenvalue weighted by Crippen LogP contribution is -2.16. The van der Waals surface area contributed by atoms with E-state index in [9.17, 15) is 10.2 Å². The molecule has 4 aromatic carbocycles. The maximum atomic E-state index is 9.62. The van der Waals surface area contributed by atoms with Gasteiger partial charge in [-0.05, 0) is 166 Å². The molecule has 0 aromatic heterocycles. The Balaban J connectivity index is 0.000000451. The molecule has 0 aliphatic heterocycles. The minimum atomic E-state index is -0.0751. The van der Waals surface area contributed by atoms with Crippen LogP contribution in [0.1, 0.15) is 166 Å². The Morgan fingerprint density at radius 3 is 1.58 bits per heavy atom. The van der Waals surface area contributed by atoms with Gasteiger partial charge in [0.15, 0.2) is 11.5 Å². The first-order valence-corrected chi connectivity index (χ1v) is 23.2. The molecule has 0 saturated carbocycles. The summed E-state index contributed by atoms with van der Waals surface area (Å²) >= 11 is 0. The molecule has 0 fully saturated rings. The van der Waals surface area contributed by atoms with Gasteiger partial charge in [-0.3, -0.25) is 4.99 Å². The molecule has 4 rings (SSSR count). The average molecular weight is 800 g/mol. The van der Waals surface area contributed by atoms with Crippen molar-refractivity contribution in [2.75, 3.05) is 18.5 Å². The number of phenolic OH excluding ortho intramolecular Hbond substituents is 2. The number of phenols is 2. The minimum Gasteiger partial charge on any atom is -0.504 e. The number of nitrogens with zero attached hydrogens (tertiary/aromatic N) is 3. The Labute approximate surface area is 359 Å². The van der Waals surface area contributed by atoms with E-state index in [4.69, 9.17) is 9.98 Å². The monoisotopic (exact) mass is 800 g/mol. The van der Waals surface area contributed by atoms with E-state index in [1.807, 2.05) is 26.1 Å². The number of hydrogen-bond acceptors (Lipinski definition) is 5. The maximum Gasteiger partial charge on any atom is 0.158 e. The number of hydrogen-bond donors (Lipinski definition) is 2. The molecule has 0 aliphatic carbocycles. The predicted octanol–water partition coefficient (Wildman–Crippen LogP) is 15.3. The van der Waals surface area contributed by atoms with Gasteiger partial charge in [0, 0.05) is 31.1 Å². The van der Waals surface area contributed by atoms with E-state index in [1.54, 1.807) is 12.1 Å². The van der Waals surface area contributed by atoms with Crippen molar-refractivity contribution >= 4 is 39.3 Å². The van der Waals surface area contributed by atoms with E-state index < -0.39 is 0 Å². The predicted molar refractivity (Wildman–Crippen MR) is 259 cm³/mol. The number of rotatable bonds is 22. The van der Waals surface area contributed by atoms with Crippen LogP contribution in [0.4, 0.5) is 17.1 Å². The third-order valence-corrected chi connectivity index (χ3v) is 11.1. The average Bonchev–Trinajstić information content (AvgIpc) is 3.24. The summed E-state index contributed by atoms with van der Waals surface area (Å²) in [6.07, 6.45) is 20.7. The second kappa shape index (κ2) is 27.2. The molecule has 59 heavy (non-hydrogen) atoms. The van der Waals surface area contributed by atoms with Crippen molar-refractivity contribution < 1.29 is 10.2 Å². The summed E-state index contributed by atoms with van der Waals surface area (Å²) in [4.78, 5) is 12.7. The molecular formula is C54H77N3O2. The molecule has 0 saturated heterocycles. The quantitative estimate of drug-likeness (QED) is 0.0360. The highest BCUT2D eigenvalue weighted by Crippen LogP contribution is 2.36. The van der Waals surface area contributed by atoms with Gasteiger partial charge in [0.2, 0.25) is 0 Å². The Morgan fingerprint density at radius 2 is 1.07 bits per heavy atom. The Bertz CT molecular complexity index is 2000. The van der Waals surface area contributed by atoms with E-state index in [2.05, 4.69) is 102 Å². The first-order chi connectivity index (χ1) is 28.6. The zero-order valence-corrected chi connectivity index (χ0v) is 38.4. The number of aliphatic imine (C=N–C) groups is 2. The molecule has 0 unspecified atom stereocenters. The fraction of sp³-hybridized carbons (Fsp3) is 0.519. The second-order valence-electron chi connectivity index (χ2n) is 16.2. The van der Waals surface area contributed by atoms with Crippen LogP contribution in [0, 0.1) is 18.8 Å². The van der Waals surface area contributed by atoms with Crippen molar-refractivity contribution in [2.45, 2.75) is 171 Å². The highest BCUT2D eigenvalue weighted by atomic mass is 16.3. The van der Waals surface area contributed by atoms with E-state index in [-0.39, 0.29) is 11.5 Å². The lowest BCUT2D eigenvalue weighted by molar-refractivity contribution is 0.405. The highest BCUT2D eigenvalue weighted by Gasteiger charge is 2.13. The van der Waals surface area contributed by atoms with Gasteiger partial charge in [0.05, 0.1) is 17.1 Å². The second-order valence-corrected chi connectivity index (χ2v) is 16.2. The molecule has 2 N–H and O–H groups in total. The smallest absolute Gasteiger partial charge is 0.158 e. The van der Waals surface area contributed by atoms with Gasteiger partial charge in [-0.2, -0.15) is 0 Å². The van der Waals surface area contributed by atoms with Crippen molar-refractivity contribution in [3.8, 4) is 23.3 Å². The third-order valence-electron chi connectivity index (χ3n) is 11.1. The van der Waals surface area contributed by atoms with Gasteiger partial charge in [-0.15, -0.1) is 0 Å². The van der Waals surface area contributed by atoms with Crippen LogP contribution in [0.25, 0.3) is 10.8 Å². The van der Waals surface area contributed by atoms with Crippen LogP contribution in [-0.2, 0) is 25.7 Å². The van der Waals surface area contributed by atoms with Crippen LogP contribution in [0.15, 0.2) is 70.6 Å². The molecule has 0 spiro atoms. The first-order valence-electron chi connectivity index (χ1n) is 23.2. The summed E-state index contributed by atoms with van der Waals surface area (Å²) in [6.45, 7) is 18.5. The summed E-state index contributed by atoms with van der Waals surface area (Å²) in [6, 6.07) is 21.1. The van der Waals surface area contributed by atoms with Gasteiger partial charge >= 0.3 is 0 Å². The molecule has 0 heterocycles. The van der Waals surface area contributed by atoms with Crippen LogP contribution in [0.5, 0.6) is 11.5 Å². The summed E-state index contributed by atoms with van der Waals surface area (Å²) in [5.41, 5.74) is 12.0.